The number of aliphatic hydroxyl groups is 5. The van der Waals surface area contributed by atoms with E-state index in [1.165, 1.54) is 0 Å². The van der Waals surface area contributed by atoms with Gasteiger partial charge < -0.3 is 25.5 Å². The highest BCUT2D eigenvalue weighted by Gasteiger charge is 2.21. The van der Waals surface area contributed by atoms with E-state index in [4.69, 9.17) is 15.3 Å². The summed E-state index contributed by atoms with van der Waals surface area (Å²) in [6.07, 6.45) is 4.32. The van der Waals surface area contributed by atoms with E-state index >= 15 is 0 Å². The summed E-state index contributed by atoms with van der Waals surface area (Å²) in [4.78, 5) is 0. The smallest absolute Gasteiger partial charge is 0.0639 e. The van der Waals surface area contributed by atoms with Crippen LogP contribution in [0.3, 0.4) is 0 Å². The summed E-state index contributed by atoms with van der Waals surface area (Å²) in [7, 11) is 0. The molecule has 0 saturated heterocycles. The van der Waals surface area contributed by atoms with Gasteiger partial charge in [0.05, 0.1) is 23.4 Å². The Balaban J connectivity index is -0.0000000868. The van der Waals surface area contributed by atoms with Crippen molar-refractivity contribution in [3.63, 3.8) is 0 Å². The van der Waals surface area contributed by atoms with Crippen molar-refractivity contribution in [1.29, 1.82) is 0 Å². The van der Waals surface area contributed by atoms with Gasteiger partial charge in [0.1, 0.15) is 0 Å². The summed E-state index contributed by atoms with van der Waals surface area (Å²) in [5.74, 6) is 2.72. The first-order valence-electron chi connectivity index (χ1n) is 15.5. The lowest BCUT2D eigenvalue weighted by Crippen LogP contribution is -2.29. The zero-order valence-corrected chi connectivity index (χ0v) is 29.1. The number of hydrogen-bond acceptors (Lipinski definition) is 5. The van der Waals surface area contributed by atoms with Crippen molar-refractivity contribution in [1.82, 2.24) is 0 Å². The van der Waals surface area contributed by atoms with Crippen LogP contribution in [-0.2, 0) is 0 Å². The monoisotopic (exact) mass is 569 g/mol. The molecule has 0 aliphatic rings. The second-order valence-electron chi connectivity index (χ2n) is 12.8. The van der Waals surface area contributed by atoms with Crippen LogP contribution in [0.15, 0.2) is 0 Å². The van der Waals surface area contributed by atoms with E-state index in [2.05, 4.69) is 20.8 Å². The van der Waals surface area contributed by atoms with Gasteiger partial charge in [-0.05, 0) is 75.0 Å². The van der Waals surface area contributed by atoms with Crippen molar-refractivity contribution >= 4 is 0 Å². The van der Waals surface area contributed by atoms with Crippen LogP contribution in [0, 0.1) is 35.5 Å². The molecule has 0 fully saturated rings. The van der Waals surface area contributed by atoms with Crippen LogP contribution in [0.4, 0.5) is 0 Å². The van der Waals surface area contributed by atoms with Crippen LogP contribution in [0.25, 0.3) is 0 Å². The van der Waals surface area contributed by atoms with Crippen LogP contribution in [0.5, 0.6) is 0 Å². The first-order chi connectivity index (χ1) is 17.1. The average molecular weight is 569 g/mol. The Bertz CT molecular complexity index is 419. The van der Waals surface area contributed by atoms with Gasteiger partial charge in [0.15, 0.2) is 0 Å². The van der Waals surface area contributed by atoms with Gasteiger partial charge in [0.25, 0.3) is 0 Å². The lowest BCUT2D eigenvalue weighted by Gasteiger charge is -2.25. The molecule has 5 N–H and O–H groups in total. The van der Waals surface area contributed by atoms with Gasteiger partial charge >= 0.3 is 0 Å². The van der Waals surface area contributed by atoms with Crippen LogP contribution in [0.1, 0.15) is 157 Å². The number of aliphatic hydroxyl groups excluding tert-OH is 3. The van der Waals surface area contributed by atoms with E-state index in [-0.39, 0.29) is 19.6 Å². The van der Waals surface area contributed by atoms with E-state index < -0.39 is 11.2 Å². The molecule has 0 heterocycles. The van der Waals surface area contributed by atoms with Crippen molar-refractivity contribution in [2.75, 3.05) is 6.61 Å². The lowest BCUT2D eigenvalue weighted by molar-refractivity contribution is 0.00966. The predicted molar refractivity (Wildman–Crippen MR) is 176 cm³/mol. The topological polar surface area (TPSA) is 101 Å². The van der Waals surface area contributed by atoms with Crippen LogP contribution >= 0.6 is 0 Å². The highest BCUT2D eigenvalue weighted by atomic mass is 16.3. The molecule has 0 rings (SSSR count). The van der Waals surface area contributed by atoms with E-state index in [0.717, 1.165) is 32.1 Å². The highest BCUT2D eigenvalue weighted by molar-refractivity contribution is 4.73. The van der Waals surface area contributed by atoms with E-state index in [1.807, 2.05) is 96.9 Å². The minimum Gasteiger partial charge on any atom is -0.396 e. The molecule has 0 aromatic heterocycles. The molecular weight excluding hydrogens is 488 g/mol. The molecule has 0 spiro atoms. The number of rotatable bonds is 11. The average Bonchev–Trinajstić information content (AvgIpc) is 2.84. The first-order valence-corrected chi connectivity index (χ1v) is 15.5. The second kappa shape index (κ2) is 29.3. The van der Waals surface area contributed by atoms with Gasteiger partial charge in [0, 0.05) is 6.61 Å². The first kappa shape index (κ1) is 51.5. The zero-order valence-electron chi connectivity index (χ0n) is 29.1. The molecule has 5 heteroatoms. The van der Waals surface area contributed by atoms with E-state index in [9.17, 15) is 10.2 Å². The fraction of sp³-hybridized carbons (Fsp3) is 1.00. The molecule has 0 aliphatic heterocycles. The summed E-state index contributed by atoms with van der Waals surface area (Å²) in [5.41, 5.74) is -0.917. The van der Waals surface area contributed by atoms with Gasteiger partial charge in [0.2, 0.25) is 0 Å². The molecule has 0 aromatic carbocycles. The molecule has 0 radical (unpaired) electrons. The van der Waals surface area contributed by atoms with Gasteiger partial charge in [-0.1, -0.05) is 118 Å². The maximum Gasteiger partial charge on any atom is 0.0639 e. The third-order valence-electron chi connectivity index (χ3n) is 8.00. The fourth-order valence-electron chi connectivity index (χ4n) is 2.57. The Morgan fingerprint density at radius 2 is 0.769 bits per heavy atom. The standard InChI is InChI=1S/3C7H16O.2C6H14O.CH4/c2*1-5-7(4,8)6(2)3;1-4-7(5-8)6(2)3;2*1-4-6(7)5(2)3;/h2*6,8H,5H2,1-4H3;6-8H,4-5H2,1-3H3;2*5-7H,4H2,1-3H3;1H4/t2*7-;;2*6-;/m10.10./s1. The molecular formula is C34H80O5. The third-order valence-corrected chi connectivity index (χ3v) is 8.00. The highest BCUT2D eigenvalue weighted by Crippen LogP contribution is 2.19. The maximum absolute atomic E-state index is 9.40. The van der Waals surface area contributed by atoms with Crippen molar-refractivity contribution in [3.05, 3.63) is 0 Å². The molecule has 0 aromatic rings. The minimum absolute atomic E-state index is 0. The zero-order chi connectivity index (χ0) is 31.9. The summed E-state index contributed by atoms with van der Waals surface area (Å²) >= 11 is 0. The van der Waals surface area contributed by atoms with Gasteiger partial charge in [-0.25, -0.2) is 0 Å². The molecule has 246 valence electrons. The normalized spacial score (nSPS) is 16.1. The van der Waals surface area contributed by atoms with E-state index in [0.29, 0.717) is 42.1 Å². The molecule has 0 bridgehead atoms. The van der Waals surface area contributed by atoms with Crippen molar-refractivity contribution < 1.29 is 25.5 Å². The summed E-state index contributed by atoms with van der Waals surface area (Å²) in [5, 5.41) is 45.4. The van der Waals surface area contributed by atoms with Crippen molar-refractivity contribution in [2.24, 2.45) is 35.5 Å². The summed E-state index contributed by atoms with van der Waals surface area (Å²) < 4.78 is 0. The SMILES string of the molecule is C.CCC(CO)C(C)C.CC[C@@H](O)C(C)C.CC[C@@](C)(O)C(C)C.CC[C@H](O)C(C)C.CC[C@](C)(O)C(C)C. The molecule has 0 saturated carbocycles. The van der Waals surface area contributed by atoms with E-state index in [1.54, 1.807) is 0 Å². The van der Waals surface area contributed by atoms with Crippen molar-refractivity contribution in [3.8, 4) is 0 Å². The summed E-state index contributed by atoms with van der Waals surface area (Å²) in [6.45, 7) is 34.7. The van der Waals surface area contributed by atoms with Gasteiger partial charge in [-0.2, -0.15) is 0 Å². The Kier molecular flexibility index (Phi) is 38.7. The minimum atomic E-state index is -0.458. The predicted octanol–water partition coefficient (Wildman–Crippen LogP) is 8.73. The van der Waals surface area contributed by atoms with Crippen LogP contribution in [0.2, 0.25) is 0 Å². The number of hydrogen-bond donors (Lipinski definition) is 5. The fourth-order valence-corrected chi connectivity index (χ4v) is 2.57. The Morgan fingerprint density at radius 3 is 0.769 bits per heavy atom. The Morgan fingerprint density at radius 1 is 0.513 bits per heavy atom. The maximum atomic E-state index is 9.40. The quantitative estimate of drug-likeness (QED) is 0.171. The van der Waals surface area contributed by atoms with Crippen LogP contribution in [-0.4, -0.2) is 55.5 Å². The lowest BCUT2D eigenvalue weighted by atomic mass is 9.90. The molecule has 5 nitrogen and oxygen atoms in total. The Hall–Kier alpha value is -0.200. The molecule has 5 atom stereocenters. The van der Waals surface area contributed by atoms with Gasteiger partial charge in [-0.3, -0.25) is 0 Å². The molecule has 1 unspecified atom stereocenters. The second-order valence-corrected chi connectivity index (χ2v) is 12.8. The Labute approximate surface area is 248 Å². The summed E-state index contributed by atoms with van der Waals surface area (Å²) in [6, 6.07) is 0. The third kappa shape index (κ3) is 33.9. The molecule has 0 amide bonds. The van der Waals surface area contributed by atoms with Crippen LogP contribution < -0.4 is 0 Å². The van der Waals surface area contributed by atoms with Crippen molar-refractivity contribution in [2.45, 2.75) is 181 Å². The molecule has 0 aliphatic carbocycles. The van der Waals surface area contributed by atoms with Gasteiger partial charge in [-0.15, -0.1) is 0 Å². The molecule has 39 heavy (non-hydrogen) atoms. The largest absolute Gasteiger partial charge is 0.396 e.